The molecule has 4 rings (SSSR count). The van der Waals surface area contributed by atoms with E-state index in [0.29, 0.717) is 17.8 Å². The minimum absolute atomic E-state index is 0.0778. The van der Waals surface area contributed by atoms with E-state index in [1.807, 2.05) is 79.4 Å². The highest BCUT2D eigenvalue weighted by Gasteiger charge is 2.21. The predicted molar refractivity (Wildman–Crippen MR) is 127 cm³/mol. The van der Waals surface area contributed by atoms with E-state index in [-0.39, 0.29) is 11.8 Å². The number of nitrogens with one attached hydrogen (secondary N) is 1. The standard InChI is InChI=1S/C26H28N4O2/c1-19-8-10-21(11-9-19)26(32)30-15-5-14-29(16-17-30)24-13-12-22(18-27-24)28-25(31)23-7-4-3-6-20(23)2/h3-4,6-13,18H,5,14-17H2,1-2H3,(H,28,31). The van der Waals surface area contributed by atoms with Crippen LogP contribution >= 0.6 is 0 Å². The number of aromatic nitrogens is 1. The highest BCUT2D eigenvalue weighted by atomic mass is 16.2. The van der Waals surface area contributed by atoms with Gasteiger partial charge in [0.05, 0.1) is 11.9 Å². The van der Waals surface area contributed by atoms with Crippen molar-refractivity contribution < 1.29 is 9.59 Å². The van der Waals surface area contributed by atoms with Crippen LogP contribution in [0, 0.1) is 13.8 Å². The maximum absolute atomic E-state index is 12.8. The zero-order chi connectivity index (χ0) is 22.5. The summed E-state index contributed by atoms with van der Waals surface area (Å²) in [5, 5.41) is 2.91. The lowest BCUT2D eigenvalue weighted by molar-refractivity contribution is 0.0767. The summed E-state index contributed by atoms with van der Waals surface area (Å²) < 4.78 is 0. The summed E-state index contributed by atoms with van der Waals surface area (Å²) in [4.78, 5) is 34.0. The number of anilines is 2. The maximum Gasteiger partial charge on any atom is 0.255 e. The van der Waals surface area contributed by atoms with Gasteiger partial charge in [-0.25, -0.2) is 4.98 Å². The van der Waals surface area contributed by atoms with Gasteiger partial charge in [-0.1, -0.05) is 35.9 Å². The molecule has 0 atom stereocenters. The SMILES string of the molecule is Cc1ccc(C(=O)N2CCCN(c3ccc(NC(=O)c4ccccc4C)cn3)CC2)cc1. The Morgan fingerprint density at radius 3 is 2.38 bits per heavy atom. The van der Waals surface area contributed by atoms with Gasteiger partial charge >= 0.3 is 0 Å². The molecule has 1 aliphatic heterocycles. The number of carbonyl (C=O) groups excluding carboxylic acids is 2. The van der Waals surface area contributed by atoms with Gasteiger partial charge in [-0.15, -0.1) is 0 Å². The number of carbonyl (C=O) groups is 2. The Morgan fingerprint density at radius 2 is 1.66 bits per heavy atom. The van der Waals surface area contributed by atoms with E-state index in [4.69, 9.17) is 0 Å². The van der Waals surface area contributed by atoms with Crippen molar-refractivity contribution in [2.24, 2.45) is 0 Å². The summed E-state index contributed by atoms with van der Waals surface area (Å²) in [6.07, 6.45) is 2.57. The highest BCUT2D eigenvalue weighted by molar-refractivity contribution is 6.05. The number of rotatable bonds is 4. The van der Waals surface area contributed by atoms with Gasteiger partial charge in [0.25, 0.3) is 11.8 Å². The van der Waals surface area contributed by atoms with Crippen LogP contribution in [0.15, 0.2) is 66.9 Å². The molecule has 3 aromatic rings. The van der Waals surface area contributed by atoms with Gasteiger partial charge in [0.1, 0.15) is 5.82 Å². The molecule has 0 radical (unpaired) electrons. The molecule has 1 N–H and O–H groups in total. The first kappa shape index (κ1) is 21.6. The van der Waals surface area contributed by atoms with Crippen molar-refractivity contribution in [1.29, 1.82) is 0 Å². The van der Waals surface area contributed by atoms with Crippen LogP contribution in [-0.4, -0.2) is 47.9 Å². The molecule has 1 fully saturated rings. The zero-order valence-electron chi connectivity index (χ0n) is 18.5. The van der Waals surface area contributed by atoms with Gasteiger partial charge in [-0.2, -0.15) is 0 Å². The smallest absolute Gasteiger partial charge is 0.255 e. The van der Waals surface area contributed by atoms with E-state index in [1.54, 1.807) is 6.20 Å². The van der Waals surface area contributed by atoms with Gasteiger partial charge in [0.15, 0.2) is 0 Å². The number of aryl methyl sites for hydroxylation is 2. The Labute approximate surface area is 188 Å². The molecule has 32 heavy (non-hydrogen) atoms. The molecule has 1 saturated heterocycles. The number of hydrogen-bond donors (Lipinski definition) is 1. The summed E-state index contributed by atoms with van der Waals surface area (Å²) in [7, 11) is 0. The second-order valence-corrected chi connectivity index (χ2v) is 8.17. The molecule has 0 unspecified atom stereocenters. The van der Waals surface area contributed by atoms with Gasteiger partial charge in [-0.3, -0.25) is 9.59 Å². The lowest BCUT2D eigenvalue weighted by Crippen LogP contribution is -2.35. The normalized spacial score (nSPS) is 14.1. The Morgan fingerprint density at radius 1 is 0.875 bits per heavy atom. The van der Waals surface area contributed by atoms with Crippen LogP contribution in [0.4, 0.5) is 11.5 Å². The van der Waals surface area contributed by atoms with Gasteiger partial charge in [-0.05, 0) is 56.2 Å². The quantitative estimate of drug-likeness (QED) is 0.673. The number of benzene rings is 2. The van der Waals surface area contributed by atoms with Crippen LogP contribution in [0.2, 0.25) is 0 Å². The molecular formula is C26H28N4O2. The third kappa shape index (κ3) is 4.97. The van der Waals surface area contributed by atoms with Crippen LogP contribution in [-0.2, 0) is 0 Å². The summed E-state index contributed by atoms with van der Waals surface area (Å²) in [5.74, 6) is 0.787. The average molecular weight is 429 g/mol. The summed E-state index contributed by atoms with van der Waals surface area (Å²) in [6, 6.07) is 19.0. The molecule has 1 aliphatic rings. The Hall–Kier alpha value is -3.67. The predicted octanol–water partition coefficient (Wildman–Crippen LogP) is 4.30. The van der Waals surface area contributed by atoms with Crippen LogP contribution < -0.4 is 10.2 Å². The lowest BCUT2D eigenvalue weighted by Gasteiger charge is -2.23. The molecular weight excluding hydrogens is 400 g/mol. The van der Waals surface area contributed by atoms with Crippen molar-refractivity contribution in [2.75, 3.05) is 36.4 Å². The van der Waals surface area contributed by atoms with E-state index < -0.39 is 0 Å². The minimum Gasteiger partial charge on any atom is -0.355 e. The molecule has 1 aromatic heterocycles. The fourth-order valence-electron chi connectivity index (χ4n) is 3.90. The van der Waals surface area contributed by atoms with E-state index in [1.165, 1.54) is 0 Å². The van der Waals surface area contributed by atoms with Crippen molar-refractivity contribution in [3.8, 4) is 0 Å². The number of pyridine rings is 1. The largest absolute Gasteiger partial charge is 0.355 e. The first-order chi connectivity index (χ1) is 15.5. The molecule has 2 aromatic carbocycles. The third-order valence-corrected chi connectivity index (χ3v) is 5.80. The minimum atomic E-state index is -0.141. The van der Waals surface area contributed by atoms with Gasteiger partial charge in [0.2, 0.25) is 0 Å². The van der Waals surface area contributed by atoms with E-state index >= 15 is 0 Å². The molecule has 0 saturated carbocycles. The van der Waals surface area contributed by atoms with E-state index in [2.05, 4.69) is 15.2 Å². The fourth-order valence-corrected chi connectivity index (χ4v) is 3.90. The number of nitrogens with zero attached hydrogens (tertiary/aromatic N) is 3. The molecule has 2 heterocycles. The Bertz CT molecular complexity index is 1090. The summed E-state index contributed by atoms with van der Waals surface area (Å²) in [5.41, 5.74) is 4.13. The van der Waals surface area contributed by atoms with Crippen molar-refractivity contribution in [2.45, 2.75) is 20.3 Å². The van der Waals surface area contributed by atoms with Crippen molar-refractivity contribution >= 4 is 23.3 Å². The average Bonchev–Trinajstić information content (AvgIpc) is 3.06. The monoisotopic (exact) mass is 428 g/mol. The zero-order valence-corrected chi connectivity index (χ0v) is 18.5. The topological polar surface area (TPSA) is 65.5 Å². The number of hydrogen-bond acceptors (Lipinski definition) is 4. The van der Waals surface area contributed by atoms with Crippen LogP contribution in [0.5, 0.6) is 0 Å². The second kappa shape index (κ2) is 9.64. The molecule has 6 heteroatoms. The van der Waals surface area contributed by atoms with E-state index in [9.17, 15) is 9.59 Å². The van der Waals surface area contributed by atoms with Crippen LogP contribution in [0.25, 0.3) is 0 Å². The molecule has 0 spiro atoms. The van der Waals surface area contributed by atoms with E-state index in [0.717, 1.165) is 48.6 Å². The lowest BCUT2D eigenvalue weighted by atomic mass is 10.1. The van der Waals surface area contributed by atoms with Gasteiger partial charge < -0.3 is 15.1 Å². The summed E-state index contributed by atoms with van der Waals surface area (Å²) in [6.45, 7) is 6.87. The van der Waals surface area contributed by atoms with Crippen molar-refractivity contribution in [3.05, 3.63) is 89.1 Å². The molecule has 0 bridgehead atoms. The summed E-state index contributed by atoms with van der Waals surface area (Å²) >= 11 is 0. The second-order valence-electron chi connectivity index (χ2n) is 8.17. The van der Waals surface area contributed by atoms with Gasteiger partial charge in [0, 0.05) is 37.3 Å². The maximum atomic E-state index is 12.8. The fraction of sp³-hybridized carbons (Fsp3) is 0.269. The highest BCUT2D eigenvalue weighted by Crippen LogP contribution is 2.18. The number of amides is 2. The molecule has 164 valence electrons. The van der Waals surface area contributed by atoms with Crippen LogP contribution in [0.1, 0.15) is 38.3 Å². The molecule has 6 nitrogen and oxygen atoms in total. The Balaban J connectivity index is 1.37. The molecule has 0 aliphatic carbocycles. The van der Waals surface area contributed by atoms with Crippen molar-refractivity contribution in [3.63, 3.8) is 0 Å². The van der Waals surface area contributed by atoms with Crippen molar-refractivity contribution in [1.82, 2.24) is 9.88 Å². The van der Waals surface area contributed by atoms with Crippen LogP contribution in [0.3, 0.4) is 0 Å². The first-order valence-electron chi connectivity index (χ1n) is 11.0. The molecule has 2 amide bonds. The third-order valence-electron chi connectivity index (χ3n) is 5.80. The first-order valence-corrected chi connectivity index (χ1v) is 11.0. The Kier molecular flexibility index (Phi) is 6.50.